The summed E-state index contributed by atoms with van der Waals surface area (Å²) in [7, 11) is 0. The maximum absolute atomic E-state index is 13.5. The van der Waals surface area contributed by atoms with Gasteiger partial charge in [0.25, 0.3) is 5.91 Å². The summed E-state index contributed by atoms with van der Waals surface area (Å²) in [5.74, 6) is 0.465. The van der Waals surface area contributed by atoms with Crippen LogP contribution in [0.2, 0.25) is 0 Å². The number of carbonyl (C=O) groups is 2. The standard InChI is InChI=1S/C25H31NO2/c1-19-13-20(2)15-23(14-19)25(28)26(17-22-11-7-4-8-12-22)24(18-27)16-21-9-5-3-6-10-21/h3,5-6,9-10,13-15,18,22,24H,4,7-8,11-12,16-17H2,1-2H3/t24-/m1/s1. The van der Waals surface area contributed by atoms with Crippen LogP contribution in [0.3, 0.4) is 0 Å². The van der Waals surface area contributed by atoms with Crippen LogP contribution in [0.1, 0.15) is 59.2 Å². The van der Waals surface area contributed by atoms with Crippen LogP contribution in [0.5, 0.6) is 0 Å². The van der Waals surface area contributed by atoms with Crippen LogP contribution in [0.15, 0.2) is 48.5 Å². The van der Waals surface area contributed by atoms with Crippen LogP contribution in [-0.4, -0.2) is 29.7 Å². The number of nitrogens with zero attached hydrogens (tertiary/aromatic N) is 1. The lowest BCUT2D eigenvalue weighted by Gasteiger charge is -2.33. The van der Waals surface area contributed by atoms with Crippen molar-refractivity contribution >= 4 is 12.2 Å². The number of aldehydes is 1. The Kier molecular flexibility index (Phi) is 7.02. The monoisotopic (exact) mass is 377 g/mol. The molecule has 2 aromatic rings. The molecule has 1 amide bonds. The summed E-state index contributed by atoms with van der Waals surface area (Å²) in [5.41, 5.74) is 3.92. The third-order valence-electron chi connectivity index (χ3n) is 5.75. The molecular weight excluding hydrogens is 346 g/mol. The SMILES string of the molecule is Cc1cc(C)cc(C(=O)N(CC2CCCCC2)[C@@H](C=O)Cc2ccccc2)c1. The minimum Gasteiger partial charge on any atom is -0.328 e. The Morgan fingerprint density at radius 3 is 2.29 bits per heavy atom. The average Bonchev–Trinajstić information content (AvgIpc) is 2.71. The molecule has 1 saturated carbocycles. The van der Waals surface area contributed by atoms with Crippen molar-refractivity contribution in [2.75, 3.05) is 6.54 Å². The van der Waals surface area contributed by atoms with Crippen LogP contribution in [-0.2, 0) is 11.2 Å². The van der Waals surface area contributed by atoms with Gasteiger partial charge in [-0.15, -0.1) is 0 Å². The van der Waals surface area contributed by atoms with Crippen molar-refractivity contribution in [2.45, 2.75) is 58.4 Å². The fourth-order valence-corrected chi connectivity index (χ4v) is 4.37. The van der Waals surface area contributed by atoms with Crippen LogP contribution < -0.4 is 0 Å². The molecule has 0 heterocycles. The summed E-state index contributed by atoms with van der Waals surface area (Å²) in [6.45, 7) is 4.69. The van der Waals surface area contributed by atoms with Gasteiger partial charge in [0, 0.05) is 12.1 Å². The number of hydrogen-bond donors (Lipinski definition) is 0. The van der Waals surface area contributed by atoms with E-state index in [2.05, 4.69) is 6.07 Å². The zero-order valence-corrected chi connectivity index (χ0v) is 17.1. The first kappa shape index (κ1) is 20.3. The Morgan fingerprint density at radius 2 is 1.68 bits per heavy atom. The summed E-state index contributed by atoms with van der Waals surface area (Å²) in [4.78, 5) is 27.4. The molecule has 28 heavy (non-hydrogen) atoms. The fraction of sp³-hybridized carbons (Fsp3) is 0.440. The second-order valence-electron chi connectivity index (χ2n) is 8.23. The molecule has 0 unspecified atom stereocenters. The van der Waals surface area contributed by atoms with Gasteiger partial charge in [-0.25, -0.2) is 0 Å². The highest BCUT2D eigenvalue weighted by atomic mass is 16.2. The summed E-state index contributed by atoms with van der Waals surface area (Å²) >= 11 is 0. The second-order valence-corrected chi connectivity index (χ2v) is 8.23. The predicted molar refractivity (Wildman–Crippen MR) is 114 cm³/mol. The Balaban J connectivity index is 1.88. The van der Waals surface area contributed by atoms with Crippen molar-refractivity contribution in [1.29, 1.82) is 0 Å². The van der Waals surface area contributed by atoms with Crippen LogP contribution in [0.4, 0.5) is 0 Å². The topological polar surface area (TPSA) is 37.4 Å². The second kappa shape index (κ2) is 9.68. The number of aryl methyl sites for hydroxylation is 2. The number of carbonyl (C=O) groups excluding carboxylic acids is 2. The van der Waals surface area contributed by atoms with Gasteiger partial charge >= 0.3 is 0 Å². The molecule has 1 aliphatic carbocycles. The Morgan fingerprint density at radius 1 is 1.04 bits per heavy atom. The highest BCUT2D eigenvalue weighted by molar-refractivity contribution is 5.96. The van der Waals surface area contributed by atoms with Gasteiger partial charge in [-0.3, -0.25) is 4.79 Å². The lowest BCUT2D eigenvalue weighted by atomic mass is 9.88. The summed E-state index contributed by atoms with van der Waals surface area (Å²) in [5, 5.41) is 0. The van der Waals surface area contributed by atoms with E-state index < -0.39 is 6.04 Å². The number of rotatable bonds is 7. The van der Waals surface area contributed by atoms with E-state index in [-0.39, 0.29) is 5.91 Å². The van der Waals surface area contributed by atoms with Gasteiger partial charge in [-0.2, -0.15) is 0 Å². The third-order valence-corrected chi connectivity index (χ3v) is 5.75. The molecule has 3 rings (SSSR count). The van der Waals surface area contributed by atoms with Crippen LogP contribution in [0.25, 0.3) is 0 Å². The van der Waals surface area contributed by atoms with E-state index in [0.29, 0.717) is 24.4 Å². The molecule has 148 valence electrons. The predicted octanol–water partition coefficient (Wildman–Crippen LogP) is 5.14. The summed E-state index contributed by atoms with van der Waals surface area (Å²) < 4.78 is 0. The van der Waals surface area contributed by atoms with Gasteiger partial charge in [-0.05, 0) is 56.7 Å². The Bertz CT molecular complexity index is 773. The van der Waals surface area contributed by atoms with E-state index in [9.17, 15) is 9.59 Å². The Labute approximate surface area is 168 Å². The fourth-order valence-electron chi connectivity index (χ4n) is 4.37. The van der Waals surface area contributed by atoms with Gasteiger partial charge in [0.1, 0.15) is 6.29 Å². The van der Waals surface area contributed by atoms with E-state index in [0.717, 1.165) is 35.8 Å². The molecule has 2 aromatic carbocycles. The first-order valence-corrected chi connectivity index (χ1v) is 10.5. The quantitative estimate of drug-likeness (QED) is 0.627. The number of amides is 1. The van der Waals surface area contributed by atoms with E-state index in [1.165, 1.54) is 19.3 Å². The highest BCUT2D eigenvalue weighted by Gasteiger charge is 2.28. The summed E-state index contributed by atoms with van der Waals surface area (Å²) in [6.07, 6.45) is 7.54. The molecule has 1 atom stereocenters. The number of benzene rings is 2. The first-order chi connectivity index (χ1) is 13.6. The molecule has 0 spiro atoms. The molecule has 0 aromatic heterocycles. The normalized spacial score (nSPS) is 15.8. The maximum Gasteiger partial charge on any atom is 0.254 e. The molecule has 0 N–H and O–H groups in total. The molecule has 0 saturated heterocycles. The van der Waals surface area contributed by atoms with Crippen LogP contribution >= 0.6 is 0 Å². The van der Waals surface area contributed by atoms with Crippen molar-refractivity contribution < 1.29 is 9.59 Å². The molecule has 0 bridgehead atoms. The molecule has 3 nitrogen and oxygen atoms in total. The van der Waals surface area contributed by atoms with Gasteiger partial charge in [0.2, 0.25) is 0 Å². The minimum absolute atomic E-state index is 0.0228. The zero-order valence-electron chi connectivity index (χ0n) is 17.1. The Hall–Kier alpha value is -2.42. The maximum atomic E-state index is 13.5. The number of hydrogen-bond acceptors (Lipinski definition) is 2. The minimum atomic E-state index is -0.433. The molecular formula is C25H31NO2. The molecule has 1 fully saturated rings. The van der Waals surface area contributed by atoms with Gasteiger partial charge in [0.05, 0.1) is 6.04 Å². The smallest absolute Gasteiger partial charge is 0.254 e. The van der Waals surface area contributed by atoms with Crippen molar-refractivity contribution in [3.05, 3.63) is 70.8 Å². The van der Waals surface area contributed by atoms with E-state index in [1.807, 2.05) is 61.2 Å². The molecule has 1 aliphatic rings. The largest absolute Gasteiger partial charge is 0.328 e. The van der Waals surface area contributed by atoms with Gasteiger partial charge in [0.15, 0.2) is 0 Å². The van der Waals surface area contributed by atoms with Crippen molar-refractivity contribution in [2.24, 2.45) is 5.92 Å². The van der Waals surface area contributed by atoms with E-state index >= 15 is 0 Å². The van der Waals surface area contributed by atoms with E-state index in [4.69, 9.17) is 0 Å². The van der Waals surface area contributed by atoms with Crippen LogP contribution in [0, 0.1) is 19.8 Å². The lowest BCUT2D eigenvalue weighted by Crippen LogP contribution is -2.45. The van der Waals surface area contributed by atoms with Crippen molar-refractivity contribution in [3.8, 4) is 0 Å². The highest BCUT2D eigenvalue weighted by Crippen LogP contribution is 2.26. The average molecular weight is 378 g/mol. The molecule has 0 aliphatic heterocycles. The van der Waals surface area contributed by atoms with Crippen molar-refractivity contribution in [3.63, 3.8) is 0 Å². The molecule has 0 radical (unpaired) electrons. The third kappa shape index (κ3) is 5.31. The molecule has 3 heteroatoms. The summed E-state index contributed by atoms with van der Waals surface area (Å²) in [6, 6.07) is 15.5. The lowest BCUT2D eigenvalue weighted by molar-refractivity contribution is -0.112. The van der Waals surface area contributed by atoms with Gasteiger partial charge in [-0.1, -0.05) is 66.8 Å². The van der Waals surface area contributed by atoms with E-state index in [1.54, 1.807) is 0 Å². The zero-order chi connectivity index (χ0) is 19.9. The van der Waals surface area contributed by atoms with Crippen molar-refractivity contribution in [1.82, 2.24) is 4.90 Å². The first-order valence-electron chi connectivity index (χ1n) is 10.5. The van der Waals surface area contributed by atoms with Gasteiger partial charge < -0.3 is 9.69 Å².